The van der Waals surface area contributed by atoms with Crippen molar-refractivity contribution in [1.29, 1.82) is 5.26 Å². The first kappa shape index (κ1) is 17.8. The monoisotopic (exact) mass is 347 g/mol. The molecule has 1 heterocycles. The molecule has 126 valence electrons. The highest BCUT2D eigenvalue weighted by atomic mass is 32.2. The number of carbonyl (C=O) groups is 3. The number of amides is 2. The SMILES string of the molecule is CC1Sc2ccc(C(=O)OCC(=O)N(C)CCC#N)cc2NC1=O. The molecule has 24 heavy (non-hydrogen) atoms. The van der Waals surface area contributed by atoms with Gasteiger partial charge in [0.2, 0.25) is 5.91 Å². The maximum atomic E-state index is 12.1. The number of benzene rings is 1. The molecule has 2 amide bonds. The van der Waals surface area contributed by atoms with Gasteiger partial charge in [-0.3, -0.25) is 9.59 Å². The van der Waals surface area contributed by atoms with Gasteiger partial charge >= 0.3 is 5.97 Å². The Bertz CT molecular complexity index is 714. The molecule has 1 N–H and O–H groups in total. The number of likely N-dealkylation sites (N-methyl/N-ethyl adjacent to an activating group) is 1. The Morgan fingerprint density at radius 1 is 1.46 bits per heavy atom. The minimum Gasteiger partial charge on any atom is -0.452 e. The predicted octanol–water partition coefficient (Wildman–Crippen LogP) is 1.65. The summed E-state index contributed by atoms with van der Waals surface area (Å²) in [7, 11) is 1.54. The van der Waals surface area contributed by atoms with Gasteiger partial charge in [-0.05, 0) is 25.1 Å². The third kappa shape index (κ3) is 4.26. The third-order valence-corrected chi connectivity index (χ3v) is 4.64. The van der Waals surface area contributed by atoms with Gasteiger partial charge in [0.25, 0.3) is 5.91 Å². The molecule has 8 heteroatoms. The van der Waals surface area contributed by atoms with Gasteiger partial charge in [0, 0.05) is 18.5 Å². The minimum absolute atomic E-state index is 0.118. The molecule has 1 aliphatic rings. The van der Waals surface area contributed by atoms with Crippen molar-refractivity contribution in [2.75, 3.05) is 25.5 Å². The van der Waals surface area contributed by atoms with Crippen LogP contribution >= 0.6 is 11.8 Å². The molecule has 0 saturated carbocycles. The van der Waals surface area contributed by atoms with E-state index in [0.717, 1.165) is 4.90 Å². The molecule has 0 radical (unpaired) electrons. The molecular formula is C16H17N3O4S. The second-order valence-corrected chi connectivity index (χ2v) is 6.64. The normalized spacial score (nSPS) is 15.7. The van der Waals surface area contributed by atoms with Crippen LogP contribution in [-0.2, 0) is 14.3 Å². The smallest absolute Gasteiger partial charge is 0.338 e. The van der Waals surface area contributed by atoms with E-state index in [1.165, 1.54) is 22.7 Å². The van der Waals surface area contributed by atoms with Gasteiger partial charge in [-0.25, -0.2) is 4.79 Å². The Balaban J connectivity index is 1.96. The molecule has 1 aromatic carbocycles. The summed E-state index contributed by atoms with van der Waals surface area (Å²) in [5.41, 5.74) is 0.826. The van der Waals surface area contributed by atoms with Gasteiger partial charge < -0.3 is 15.0 Å². The van der Waals surface area contributed by atoms with Gasteiger partial charge in [-0.2, -0.15) is 5.26 Å². The van der Waals surface area contributed by atoms with Crippen LogP contribution in [0.2, 0.25) is 0 Å². The summed E-state index contributed by atoms with van der Waals surface area (Å²) in [4.78, 5) is 37.7. The number of thioether (sulfide) groups is 1. The van der Waals surface area contributed by atoms with E-state index in [2.05, 4.69) is 5.32 Å². The number of carbonyl (C=O) groups excluding carboxylic acids is 3. The second kappa shape index (κ2) is 7.84. The number of nitrogens with zero attached hydrogens (tertiary/aromatic N) is 2. The van der Waals surface area contributed by atoms with E-state index in [1.807, 2.05) is 6.07 Å². The van der Waals surface area contributed by atoms with E-state index in [4.69, 9.17) is 10.00 Å². The van der Waals surface area contributed by atoms with E-state index < -0.39 is 12.6 Å². The molecule has 7 nitrogen and oxygen atoms in total. The van der Waals surface area contributed by atoms with E-state index in [-0.39, 0.29) is 35.6 Å². The van der Waals surface area contributed by atoms with Crippen molar-refractivity contribution >= 4 is 35.2 Å². The predicted molar refractivity (Wildman–Crippen MR) is 88.5 cm³/mol. The Morgan fingerprint density at radius 2 is 2.21 bits per heavy atom. The van der Waals surface area contributed by atoms with Crippen molar-refractivity contribution in [3.63, 3.8) is 0 Å². The fraction of sp³-hybridized carbons (Fsp3) is 0.375. The van der Waals surface area contributed by atoms with Gasteiger partial charge in [-0.15, -0.1) is 11.8 Å². The molecule has 0 saturated heterocycles. The van der Waals surface area contributed by atoms with Crippen LogP contribution in [-0.4, -0.2) is 48.1 Å². The van der Waals surface area contributed by atoms with Crippen molar-refractivity contribution in [2.45, 2.75) is 23.5 Å². The van der Waals surface area contributed by atoms with Gasteiger partial charge in [0.1, 0.15) is 0 Å². The number of rotatable bonds is 5. The summed E-state index contributed by atoms with van der Waals surface area (Å²) < 4.78 is 5.00. The molecule has 1 unspecified atom stereocenters. The summed E-state index contributed by atoms with van der Waals surface area (Å²) in [5, 5.41) is 11.0. The molecule has 1 aromatic rings. The summed E-state index contributed by atoms with van der Waals surface area (Å²) in [5.74, 6) is -1.14. The summed E-state index contributed by atoms with van der Waals surface area (Å²) in [6, 6.07) is 6.82. The van der Waals surface area contributed by atoms with Crippen LogP contribution in [0.4, 0.5) is 5.69 Å². The number of anilines is 1. The second-order valence-electron chi connectivity index (χ2n) is 5.26. The first-order chi connectivity index (χ1) is 11.4. The Hall–Kier alpha value is -2.53. The maximum Gasteiger partial charge on any atom is 0.338 e. The third-order valence-electron chi connectivity index (χ3n) is 3.46. The van der Waals surface area contributed by atoms with E-state index in [1.54, 1.807) is 26.1 Å². The molecule has 0 fully saturated rings. The first-order valence-corrected chi connectivity index (χ1v) is 8.20. The zero-order chi connectivity index (χ0) is 17.7. The van der Waals surface area contributed by atoms with Crippen LogP contribution in [0.3, 0.4) is 0 Å². The molecule has 0 spiro atoms. The quantitative estimate of drug-likeness (QED) is 0.813. The van der Waals surface area contributed by atoms with Crippen molar-refractivity contribution in [3.05, 3.63) is 23.8 Å². The van der Waals surface area contributed by atoms with Crippen molar-refractivity contribution < 1.29 is 19.1 Å². The molecule has 0 bridgehead atoms. The summed E-state index contributed by atoms with van der Waals surface area (Å²) in [6.07, 6.45) is 0.219. The van der Waals surface area contributed by atoms with Crippen LogP contribution in [0, 0.1) is 11.3 Å². The summed E-state index contributed by atoms with van der Waals surface area (Å²) >= 11 is 1.42. The summed E-state index contributed by atoms with van der Waals surface area (Å²) in [6.45, 7) is 1.70. The van der Waals surface area contributed by atoms with Crippen molar-refractivity contribution in [1.82, 2.24) is 4.90 Å². The number of nitriles is 1. The Morgan fingerprint density at radius 3 is 2.92 bits per heavy atom. The van der Waals surface area contributed by atoms with E-state index in [0.29, 0.717) is 5.69 Å². The average molecular weight is 347 g/mol. The van der Waals surface area contributed by atoms with Crippen molar-refractivity contribution in [3.8, 4) is 6.07 Å². The molecule has 0 aromatic heterocycles. The Kier molecular flexibility index (Phi) is 5.82. The maximum absolute atomic E-state index is 12.1. The minimum atomic E-state index is -0.641. The zero-order valence-corrected chi connectivity index (χ0v) is 14.2. The highest BCUT2D eigenvalue weighted by Crippen LogP contribution is 2.35. The number of ether oxygens (including phenoxy) is 1. The lowest BCUT2D eigenvalue weighted by molar-refractivity contribution is -0.133. The number of nitrogens with one attached hydrogen (secondary N) is 1. The number of esters is 1. The number of hydrogen-bond acceptors (Lipinski definition) is 6. The fourth-order valence-electron chi connectivity index (χ4n) is 2.00. The molecule has 1 atom stereocenters. The molecule has 2 rings (SSSR count). The van der Waals surface area contributed by atoms with Gasteiger partial charge in [-0.1, -0.05) is 0 Å². The van der Waals surface area contributed by atoms with Crippen LogP contribution in [0.1, 0.15) is 23.7 Å². The first-order valence-electron chi connectivity index (χ1n) is 7.32. The highest BCUT2D eigenvalue weighted by molar-refractivity contribution is 8.00. The molecular weight excluding hydrogens is 330 g/mol. The lowest BCUT2D eigenvalue weighted by Crippen LogP contribution is -2.32. The number of hydrogen-bond donors (Lipinski definition) is 1. The lowest BCUT2D eigenvalue weighted by Gasteiger charge is -2.21. The average Bonchev–Trinajstić information content (AvgIpc) is 2.57. The van der Waals surface area contributed by atoms with E-state index in [9.17, 15) is 14.4 Å². The zero-order valence-electron chi connectivity index (χ0n) is 13.4. The van der Waals surface area contributed by atoms with E-state index >= 15 is 0 Å². The Labute approximate surface area is 143 Å². The lowest BCUT2D eigenvalue weighted by atomic mass is 10.2. The van der Waals surface area contributed by atoms with Gasteiger partial charge in [0.15, 0.2) is 6.61 Å². The van der Waals surface area contributed by atoms with Crippen LogP contribution in [0.15, 0.2) is 23.1 Å². The largest absolute Gasteiger partial charge is 0.452 e. The fourth-order valence-corrected chi connectivity index (χ4v) is 2.93. The van der Waals surface area contributed by atoms with Crippen LogP contribution in [0.5, 0.6) is 0 Å². The van der Waals surface area contributed by atoms with Gasteiger partial charge in [0.05, 0.1) is 29.0 Å². The standard InChI is InChI=1S/C16H17N3O4S/c1-10-15(21)18-12-8-11(4-5-13(12)24-10)16(22)23-9-14(20)19(2)7-3-6-17/h4-5,8,10H,3,7,9H2,1-2H3,(H,18,21). The number of fused-ring (bicyclic) bond motifs is 1. The molecule has 1 aliphatic heterocycles. The molecule has 0 aliphatic carbocycles. The van der Waals surface area contributed by atoms with Crippen LogP contribution in [0.25, 0.3) is 0 Å². The van der Waals surface area contributed by atoms with Crippen LogP contribution < -0.4 is 5.32 Å². The topological polar surface area (TPSA) is 99.5 Å². The van der Waals surface area contributed by atoms with Crippen molar-refractivity contribution in [2.24, 2.45) is 0 Å². The highest BCUT2D eigenvalue weighted by Gasteiger charge is 2.24.